The van der Waals surface area contributed by atoms with Gasteiger partial charge in [-0.1, -0.05) is 32.4 Å². The van der Waals surface area contributed by atoms with Gasteiger partial charge in [0, 0.05) is 0 Å². The average Bonchev–Trinajstić information content (AvgIpc) is 2.50. The molecular formula is C15H24. The van der Waals surface area contributed by atoms with Crippen LogP contribution in [0.5, 0.6) is 0 Å². The summed E-state index contributed by atoms with van der Waals surface area (Å²) in [6.07, 6.45) is 7.21. The fraction of sp³-hybridized carbons (Fsp3) is 0.867. The number of allylic oxidation sites excluding steroid dienone is 1. The van der Waals surface area contributed by atoms with Crippen LogP contribution in [0.25, 0.3) is 0 Å². The lowest BCUT2D eigenvalue weighted by atomic mass is 9.62. The molecule has 0 aromatic rings. The first-order valence-corrected chi connectivity index (χ1v) is 6.88. The predicted molar refractivity (Wildman–Crippen MR) is 64.5 cm³/mol. The maximum absolute atomic E-state index is 4.35. The van der Waals surface area contributed by atoms with Gasteiger partial charge in [-0.2, -0.15) is 0 Å². The Balaban J connectivity index is 1.95. The van der Waals surface area contributed by atoms with Gasteiger partial charge in [0.2, 0.25) is 0 Å². The number of hydrogen-bond donors (Lipinski definition) is 0. The molecule has 15 heavy (non-hydrogen) atoms. The average molecular weight is 204 g/mol. The van der Waals surface area contributed by atoms with Crippen molar-refractivity contribution in [2.75, 3.05) is 0 Å². The van der Waals surface area contributed by atoms with Crippen molar-refractivity contribution in [3.8, 4) is 0 Å². The van der Waals surface area contributed by atoms with E-state index in [2.05, 4.69) is 20.4 Å². The molecule has 0 aromatic heterocycles. The topological polar surface area (TPSA) is 0 Å². The van der Waals surface area contributed by atoms with Gasteiger partial charge in [-0.15, -0.1) is 0 Å². The molecule has 3 aliphatic rings. The highest BCUT2D eigenvalue weighted by molar-refractivity contribution is 5.14. The van der Waals surface area contributed by atoms with Gasteiger partial charge in [0.05, 0.1) is 0 Å². The lowest BCUT2D eigenvalue weighted by Crippen LogP contribution is -2.34. The third kappa shape index (κ3) is 1.26. The summed E-state index contributed by atoms with van der Waals surface area (Å²) < 4.78 is 0. The Hall–Kier alpha value is -0.260. The molecular weight excluding hydrogens is 180 g/mol. The summed E-state index contributed by atoms with van der Waals surface area (Å²) in [6, 6.07) is 0. The van der Waals surface area contributed by atoms with Crippen molar-refractivity contribution < 1.29 is 0 Å². The fourth-order valence-corrected chi connectivity index (χ4v) is 5.09. The van der Waals surface area contributed by atoms with Gasteiger partial charge < -0.3 is 0 Å². The van der Waals surface area contributed by atoms with E-state index in [1.165, 1.54) is 32.1 Å². The number of hydrogen-bond acceptors (Lipinski definition) is 0. The Bertz CT molecular complexity index is 268. The van der Waals surface area contributed by atoms with Crippen LogP contribution in [-0.4, -0.2) is 0 Å². The largest absolute Gasteiger partial charge is 0.0996 e. The molecule has 0 saturated heterocycles. The summed E-state index contributed by atoms with van der Waals surface area (Å²) in [5, 5.41) is 0. The first-order valence-electron chi connectivity index (χ1n) is 6.88. The molecule has 6 atom stereocenters. The zero-order valence-electron chi connectivity index (χ0n) is 10.2. The van der Waals surface area contributed by atoms with Crippen molar-refractivity contribution in [1.29, 1.82) is 0 Å². The third-order valence-electron chi connectivity index (χ3n) is 6.01. The van der Waals surface area contributed by atoms with Gasteiger partial charge in [-0.25, -0.2) is 0 Å². The van der Waals surface area contributed by atoms with Crippen molar-refractivity contribution >= 4 is 0 Å². The lowest BCUT2D eigenvalue weighted by Gasteiger charge is -2.43. The van der Waals surface area contributed by atoms with E-state index in [-0.39, 0.29) is 0 Å². The Morgan fingerprint density at radius 2 is 1.67 bits per heavy atom. The van der Waals surface area contributed by atoms with Crippen LogP contribution in [-0.2, 0) is 0 Å². The van der Waals surface area contributed by atoms with Crippen LogP contribution in [0.1, 0.15) is 46.0 Å². The molecule has 3 aliphatic carbocycles. The second-order valence-corrected chi connectivity index (χ2v) is 6.36. The van der Waals surface area contributed by atoms with Gasteiger partial charge in [0.15, 0.2) is 0 Å². The fourth-order valence-electron chi connectivity index (χ4n) is 5.09. The SMILES string of the molecule is C=C1CCC2C(C)C(C)C3CCCC1C32. The molecule has 0 bridgehead atoms. The van der Waals surface area contributed by atoms with Crippen molar-refractivity contribution in [3.63, 3.8) is 0 Å². The van der Waals surface area contributed by atoms with Gasteiger partial charge in [-0.05, 0) is 61.2 Å². The van der Waals surface area contributed by atoms with Crippen LogP contribution in [0.4, 0.5) is 0 Å². The van der Waals surface area contributed by atoms with Crippen LogP contribution in [0.2, 0.25) is 0 Å². The summed E-state index contributed by atoms with van der Waals surface area (Å²) in [7, 11) is 0. The zero-order valence-corrected chi connectivity index (χ0v) is 10.2. The molecule has 0 N–H and O–H groups in total. The van der Waals surface area contributed by atoms with Crippen LogP contribution < -0.4 is 0 Å². The molecule has 3 saturated carbocycles. The summed E-state index contributed by atoms with van der Waals surface area (Å²) in [4.78, 5) is 0. The summed E-state index contributed by atoms with van der Waals surface area (Å²) >= 11 is 0. The Labute approximate surface area is 94.1 Å². The van der Waals surface area contributed by atoms with Gasteiger partial charge in [0.1, 0.15) is 0 Å². The third-order valence-corrected chi connectivity index (χ3v) is 6.01. The van der Waals surface area contributed by atoms with E-state index in [0.717, 1.165) is 35.5 Å². The molecule has 0 spiro atoms. The normalized spacial score (nSPS) is 54.1. The molecule has 0 aliphatic heterocycles. The van der Waals surface area contributed by atoms with Crippen molar-refractivity contribution in [2.45, 2.75) is 46.0 Å². The van der Waals surface area contributed by atoms with E-state index in [0.29, 0.717) is 0 Å². The van der Waals surface area contributed by atoms with Crippen molar-refractivity contribution in [2.24, 2.45) is 35.5 Å². The van der Waals surface area contributed by atoms with Crippen LogP contribution in [0.15, 0.2) is 12.2 Å². The molecule has 3 fully saturated rings. The molecule has 84 valence electrons. The minimum absolute atomic E-state index is 0.912. The van der Waals surface area contributed by atoms with E-state index in [9.17, 15) is 0 Å². The molecule has 0 heteroatoms. The molecule has 0 amide bonds. The maximum Gasteiger partial charge on any atom is -0.0172 e. The van der Waals surface area contributed by atoms with E-state index in [1.54, 1.807) is 5.57 Å². The molecule has 6 unspecified atom stereocenters. The highest BCUT2D eigenvalue weighted by Crippen LogP contribution is 2.59. The van der Waals surface area contributed by atoms with Crippen LogP contribution in [0.3, 0.4) is 0 Å². The quantitative estimate of drug-likeness (QED) is 0.517. The Kier molecular flexibility index (Phi) is 2.23. The van der Waals surface area contributed by atoms with E-state index in [1.807, 2.05) is 0 Å². The summed E-state index contributed by atoms with van der Waals surface area (Å²) in [6.45, 7) is 9.37. The Morgan fingerprint density at radius 3 is 2.40 bits per heavy atom. The summed E-state index contributed by atoms with van der Waals surface area (Å²) in [5.41, 5.74) is 1.60. The van der Waals surface area contributed by atoms with Gasteiger partial charge in [0.25, 0.3) is 0 Å². The van der Waals surface area contributed by atoms with Crippen LogP contribution >= 0.6 is 0 Å². The second kappa shape index (κ2) is 3.37. The molecule has 0 aromatic carbocycles. The smallest absolute Gasteiger partial charge is 0.0172 e. The van der Waals surface area contributed by atoms with Crippen LogP contribution in [0, 0.1) is 35.5 Å². The standard InChI is InChI=1S/C15H24/c1-9-7-8-14-11(3)10(2)13-6-4-5-12(9)15(13)14/h10-15H,1,4-8H2,2-3H3. The van der Waals surface area contributed by atoms with E-state index >= 15 is 0 Å². The van der Waals surface area contributed by atoms with E-state index < -0.39 is 0 Å². The lowest BCUT2D eigenvalue weighted by molar-refractivity contribution is 0.122. The van der Waals surface area contributed by atoms with Gasteiger partial charge >= 0.3 is 0 Å². The molecule has 3 rings (SSSR count). The maximum atomic E-state index is 4.35. The Morgan fingerprint density at radius 1 is 1.00 bits per heavy atom. The monoisotopic (exact) mass is 204 g/mol. The highest BCUT2D eigenvalue weighted by atomic mass is 14.6. The van der Waals surface area contributed by atoms with Crippen molar-refractivity contribution in [1.82, 2.24) is 0 Å². The second-order valence-electron chi connectivity index (χ2n) is 6.36. The minimum Gasteiger partial charge on any atom is -0.0996 e. The first kappa shape index (κ1) is 9.93. The predicted octanol–water partition coefficient (Wildman–Crippen LogP) is 4.27. The minimum atomic E-state index is 0.912. The highest BCUT2D eigenvalue weighted by Gasteiger charge is 2.52. The zero-order chi connectivity index (χ0) is 10.6. The molecule has 0 heterocycles. The van der Waals surface area contributed by atoms with Gasteiger partial charge in [-0.3, -0.25) is 0 Å². The number of rotatable bonds is 0. The van der Waals surface area contributed by atoms with E-state index in [4.69, 9.17) is 0 Å². The summed E-state index contributed by atoms with van der Waals surface area (Å²) in [5.74, 6) is 5.99. The molecule has 0 nitrogen and oxygen atoms in total. The first-order chi connectivity index (χ1) is 7.20. The molecule has 0 radical (unpaired) electrons. The van der Waals surface area contributed by atoms with Crippen molar-refractivity contribution in [3.05, 3.63) is 12.2 Å².